The summed E-state index contributed by atoms with van der Waals surface area (Å²) in [6, 6.07) is 5.21. The minimum absolute atomic E-state index is 0.00189. The first kappa shape index (κ1) is 21.6. The van der Waals surface area contributed by atoms with Gasteiger partial charge in [0.1, 0.15) is 0 Å². The molecule has 0 bridgehead atoms. The van der Waals surface area contributed by atoms with Crippen LogP contribution in [0.1, 0.15) is 48.9 Å². The Morgan fingerprint density at radius 2 is 1.65 bits per heavy atom. The molecule has 1 aromatic carbocycles. The first-order valence-corrected chi connectivity index (χ1v) is 11.4. The number of carbonyl (C=O) groups is 3. The van der Waals surface area contributed by atoms with Crippen LogP contribution in [-0.4, -0.2) is 78.5 Å². The molecule has 0 unspecified atom stereocenters. The fourth-order valence-corrected chi connectivity index (χ4v) is 4.52. The van der Waals surface area contributed by atoms with Crippen LogP contribution in [0.3, 0.4) is 0 Å². The molecule has 2 aliphatic heterocycles. The van der Waals surface area contributed by atoms with E-state index in [0.29, 0.717) is 12.2 Å². The number of piperazine rings is 1. The predicted octanol–water partition coefficient (Wildman–Crippen LogP) is 2.26. The fourth-order valence-electron chi connectivity index (χ4n) is 4.52. The van der Waals surface area contributed by atoms with E-state index in [2.05, 4.69) is 15.1 Å². The third kappa shape index (κ3) is 5.18. The van der Waals surface area contributed by atoms with Crippen molar-refractivity contribution >= 4 is 29.2 Å². The summed E-state index contributed by atoms with van der Waals surface area (Å²) in [5.41, 5.74) is 1.31. The third-order valence-corrected chi connectivity index (χ3v) is 6.77. The molecular formula is C23H32N4O4. The summed E-state index contributed by atoms with van der Waals surface area (Å²) in [6.45, 7) is 5.21. The highest BCUT2D eigenvalue weighted by Gasteiger charge is 2.27. The number of piperidine rings is 1. The molecule has 0 radical (unpaired) electrons. The number of benzene rings is 1. The van der Waals surface area contributed by atoms with E-state index in [1.54, 1.807) is 12.1 Å². The van der Waals surface area contributed by atoms with Crippen LogP contribution in [0.25, 0.3) is 0 Å². The van der Waals surface area contributed by atoms with Crippen LogP contribution in [0, 0.1) is 5.92 Å². The summed E-state index contributed by atoms with van der Waals surface area (Å²) in [5, 5.41) is 12.5. The van der Waals surface area contributed by atoms with Gasteiger partial charge in [-0.2, -0.15) is 0 Å². The second-order valence-electron chi connectivity index (χ2n) is 8.86. The lowest BCUT2D eigenvalue weighted by Crippen LogP contribution is -2.50. The second kappa shape index (κ2) is 9.68. The highest BCUT2D eigenvalue weighted by molar-refractivity contribution is 6.02. The number of hydrogen-bond donors (Lipinski definition) is 2. The summed E-state index contributed by atoms with van der Waals surface area (Å²) in [6.07, 6.45) is 6.21. The lowest BCUT2D eigenvalue weighted by molar-refractivity contribution is -0.133. The average molecular weight is 429 g/mol. The summed E-state index contributed by atoms with van der Waals surface area (Å²) in [5.74, 6) is -0.917. The van der Waals surface area contributed by atoms with E-state index in [1.165, 1.54) is 6.42 Å². The van der Waals surface area contributed by atoms with Crippen LogP contribution < -0.4 is 10.2 Å². The summed E-state index contributed by atoms with van der Waals surface area (Å²) >= 11 is 0. The Morgan fingerprint density at radius 1 is 0.935 bits per heavy atom. The van der Waals surface area contributed by atoms with E-state index in [-0.39, 0.29) is 23.3 Å². The zero-order chi connectivity index (χ0) is 21.8. The quantitative estimate of drug-likeness (QED) is 0.722. The number of carbonyl (C=O) groups excluding carboxylic acids is 2. The maximum Gasteiger partial charge on any atom is 0.337 e. The van der Waals surface area contributed by atoms with Gasteiger partial charge in [0, 0.05) is 50.9 Å². The van der Waals surface area contributed by atoms with Gasteiger partial charge in [0.05, 0.1) is 17.8 Å². The molecule has 8 nitrogen and oxygen atoms in total. The van der Waals surface area contributed by atoms with Gasteiger partial charge in [-0.1, -0.05) is 6.42 Å². The average Bonchev–Trinajstić information content (AvgIpc) is 2.74. The van der Waals surface area contributed by atoms with Crippen LogP contribution in [-0.2, 0) is 9.59 Å². The smallest absolute Gasteiger partial charge is 0.337 e. The molecule has 2 amide bonds. The van der Waals surface area contributed by atoms with Crippen molar-refractivity contribution in [3.63, 3.8) is 0 Å². The highest BCUT2D eigenvalue weighted by atomic mass is 16.4. The number of aromatic carboxylic acids is 1. The van der Waals surface area contributed by atoms with E-state index in [9.17, 15) is 19.5 Å². The van der Waals surface area contributed by atoms with E-state index >= 15 is 0 Å². The van der Waals surface area contributed by atoms with E-state index in [4.69, 9.17) is 0 Å². The molecule has 3 fully saturated rings. The van der Waals surface area contributed by atoms with Crippen LogP contribution >= 0.6 is 0 Å². The number of nitrogens with one attached hydrogen (secondary N) is 1. The lowest BCUT2D eigenvalue weighted by Gasteiger charge is -2.37. The number of anilines is 2. The standard InChI is InChI=1S/C23H32N4O4/c28-21(27-9-2-1-3-10-27)16-25-11-13-26(14-12-25)18-7-8-20(19(15-18)23(30)31)24-22(29)17-5-4-6-17/h7-8,15,17H,1-6,9-14,16H2,(H,24,29)(H,30,31). The van der Waals surface area contributed by atoms with Crippen molar-refractivity contribution in [3.8, 4) is 0 Å². The molecule has 0 atom stereocenters. The van der Waals surface area contributed by atoms with Crippen LogP contribution in [0.4, 0.5) is 11.4 Å². The summed E-state index contributed by atoms with van der Waals surface area (Å²) in [4.78, 5) is 42.8. The van der Waals surface area contributed by atoms with Crippen molar-refractivity contribution in [2.45, 2.75) is 38.5 Å². The number of likely N-dealkylation sites (tertiary alicyclic amines) is 1. The fraction of sp³-hybridized carbons (Fsp3) is 0.609. The van der Waals surface area contributed by atoms with Gasteiger partial charge >= 0.3 is 5.97 Å². The molecule has 168 valence electrons. The molecule has 4 rings (SSSR count). The zero-order valence-corrected chi connectivity index (χ0v) is 18.0. The molecule has 2 heterocycles. The molecule has 1 saturated carbocycles. The molecule has 1 aliphatic carbocycles. The molecular weight excluding hydrogens is 396 g/mol. The van der Waals surface area contributed by atoms with Crippen LogP contribution in [0.5, 0.6) is 0 Å². The number of nitrogens with zero attached hydrogens (tertiary/aromatic N) is 3. The molecule has 8 heteroatoms. The molecule has 1 aromatic rings. The van der Waals surface area contributed by atoms with Gasteiger partial charge in [-0.05, 0) is 50.3 Å². The van der Waals surface area contributed by atoms with Gasteiger partial charge in [-0.3, -0.25) is 14.5 Å². The Morgan fingerprint density at radius 3 is 2.26 bits per heavy atom. The lowest BCUT2D eigenvalue weighted by atomic mass is 9.85. The third-order valence-electron chi connectivity index (χ3n) is 6.77. The predicted molar refractivity (Wildman–Crippen MR) is 118 cm³/mol. The molecule has 0 spiro atoms. The largest absolute Gasteiger partial charge is 0.478 e. The second-order valence-corrected chi connectivity index (χ2v) is 8.86. The highest BCUT2D eigenvalue weighted by Crippen LogP contribution is 2.30. The van der Waals surface area contributed by atoms with Crippen molar-refractivity contribution in [3.05, 3.63) is 23.8 Å². The molecule has 2 saturated heterocycles. The molecule has 3 aliphatic rings. The van der Waals surface area contributed by atoms with Crippen molar-refractivity contribution < 1.29 is 19.5 Å². The van der Waals surface area contributed by atoms with Crippen molar-refractivity contribution in [2.75, 3.05) is 56.0 Å². The van der Waals surface area contributed by atoms with Crippen LogP contribution in [0.2, 0.25) is 0 Å². The maximum absolute atomic E-state index is 12.5. The van der Waals surface area contributed by atoms with E-state index in [1.807, 2.05) is 11.0 Å². The normalized spacial score (nSPS) is 20.3. The Balaban J connectivity index is 1.34. The molecule has 0 aromatic heterocycles. The van der Waals surface area contributed by atoms with Gasteiger partial charge in [-0.15, -0.1) is 0 Å². The number of rotatable bonds is 6. The Labute approximate surface area is 183 Å². The number of carboxylic acid groups (broad SMARTS) is 1. The van der Waals surface area contributed by atoms with Gasteiger partial charge in [0.2, 0.25) is 11.8 Å². The van der Waals surface area contributed by atoms with E-state index in [0.717, 1.165) is 77.1 Å². The summed E-state index contributed by atoms with van der Waals surface area (Å²) in [7, 11) is 0. The Hall–Kier alpha value is -2.61. The Bertz CT molecular complexity index is 825. The van der Waals surface area contributed by atoms with Crippen molar-refractivity contribution in [2.24, 2.45) is 5.92 Å². The van der Waals surface area contributed by atoms with Gasteiger partial charge < -0.3 is 20.2 Å². The van der Waals surface area contributed by atoms with E-state index < -0.39 is 5.97 Å². The van der Waals surface area contributed by atoms with Crippen molar-refractivity contribution in [1.82, 2.24) is 9.80 Å². The minimum atomic E-state index is -1.04. The Kier molecular flexibility index (Phi) is 6.75. The van der Waals surface area contributed by atoms with Crippen molar-refractivity contribution in [1.29, 1.82) is 0 Å². The van der Waals surface area contributed by atoms with Crippen LogP contribution in [0.15, 0.2) is 18.2 Å². The van der Waals surface area contributed by atoms with Gasteiger partial charge in [0.15, 0.2) is 0 Å². The minimum Gasteiger partial charge on any atom is -0.478 e. The first-order chi connectivity index (χ1) is 15.0. The monoisotopic (exact) mass is 428 g/mol. The number of hydrogen-bond acceptors (Lipinski definition) is 5. The topological polar surface area (TPSA) is 93.2 Å². The number of amides is 2. The molecule has 31 heavy (non-hydrogen) atoms. The zero-order valence-electron chi connectivity index (χ0n) is 18.0. The SMILES string of the molecule is O=C(O)c1cc(N2CCN(CC(=O)N3CCCCC3)CC2)ccc1NC(=O)C1CCC1. The number of carboxylic acids is 1. The molecule has 2 N–H and O–H groups in total. The van der Waals surface area contributed by atoms with Gasteiger partial charge in [0.25, 0.3) is 0 Å². The van der Waals surface area contributed by atoms with Gasteiger partial charge in [-0.25, -0.2) is 4.79 Å². The maximum atomic E-state index is 12.5. The summed E-state index contributed by atoms with van der Waals surface area (Å²) < 4.78 is 0. The first-order valence-electron chi connectivity index (χ1n) is 11.4.